The first kappa shape index (κ1) is 21.4. The molecule has 0 radical (unpaired) electrons. The molecule has 4 nitrogen and oxygen atoms in total. The SMILES string of the molecule is N#C/C(=C\c1ccc(OCc2ccccc2F)c(Cl)c1)C(=O)Nc1ccc(Cl)cc1. The van der Waals surface area contributed by atoms with Crippen molar-refractivity contribution in [1.29, 1.82) is 5.26 Å². The van der Waals surface area contributed by atoms with E-state index < -0.39 is 5.91 Å². The van der Waals surface area contributed by atoms with Gasteiger partial charge >= 0.3 is 0 Å². The summed E-state index contributed by atoms with van der Waals surface area (Å²) in [6.07, 6.45) is 1.41. The number of halogens is 3. The van der Waals surface area contributed by atoms with Gasteiger partial charge in [-0.3, -0.25) is 4.79 Å². The van der Waals surface area contributed by atoms with Crippen molar-refractivity contribution in [3.05, 3.63) is 99.3 Å². The van der Waals surface area contributed by atoms with Crippen LogP contribution in [-0.2, 0) is 11.4 Å². The van der Waals surface area contributed by atoms with E-state index in [2.05, 4.69) is 5.32 Å². The fourth-order valence-electron chi connectivity index (χ4n) is 2.54. The van der Waals surface area contributed by atoms with Gasteiger partial charge in [0.2, 0.25) is 0 Å². The van der Waals surface area contributed by atoms with E-state index in [9.17, 15) is 14.4 Å². The first-order chi connectivity index (χ1) is 14.5. The Kier molecular flexibility index (Phi) is 7.08. The number of nitriles is 1. The average molecular weight is 441 g/mol. The molecule has 0 unspecified atom stereocenters. The number of ether oxygens (including phenoxy) is 1. The van der Waals surface area contributed by atoms with Gasteiger partial charge < -0.3 is 10.1 Å². The highest BCUT2D eigenvalue weighted by Gasteiger charge is 2.11. The van der Waals surface area contributed by atoms with Crippen molar-refractivity contribution in [3.8, 4) is 11.8 Å². The van der Waals surface area contributed by atoms with Crippen molar-refractivity contribution in [3.63, 3.8) is 0 Å². The first-order valence-electron chi connectivity index (χ1n) is 8.81. The maximum atomic E-state index is 13.7. The van der Waals surface area contributed by atoms with Crippen molar-refractivity contribution >= 4 is 40.9 Å². The zero-order valence-corrected chi connectivity index (χ0v) is 17.0. The summed E-state index contributed by atoms with van der Waals surface area (Å²) >= 11 is 12.1. The maximum Gasteiger partial charge on any atom is 0.266 e. The molecule has 0 spiro atoms. The topological polar surface area (TPSA) is 62.1 Å². The second kappa shape index (κ2) is 9.93. The lowest BCUT2D eigenvalue weighted by molar-refractivity contribution is -0.112. The third kappa shape index (κ3) is 5.60. The fraction of sp³-hybridized carbons (Fsp3) is 0.0435. The molecule has 150 valence electrons. The van der Waals surface area contributed by atoms with Gasteiger partial charge in [0, 0.05) is 16.3 Å². The van der Waals surface area contributed by atoms with Gasteiger partial charge in [0.05, 0.1) is 5.02 Å². The third-order valence-electron chi connectivity index (χ3n) is 4.08. The van der Waals surface area contributed by atoms with Crippen LogP contribution in [0.4, 0.5) is 10.1 Å². The van der Waals surface area contributed by atoms with Crippen molar-refractivity contribution in [2.75, 3.05) is 5.32 Å². The van der Waals surface area contributed by atoms with Gasteiger partial charge in [0.15, 0.2) is 0 Å². The quantitative estimate of drug-likeness (QED) is 0.363. The van der Waals surface area contributed by atoms with Gasteiger partial charge in [0.25, 0.3) is 5.91 Å². The number of nitrogens with zero attached hydrogens (tertiary/aromatic N) is 1. The Morgan fingerprint density at radius 3 is 2.50 bits per heavy atom. The molecule has 3 aromatic carbocycles. The standard InChI is InChI=1S/C23H15Cl2FN2O2/c24-18-6-8-19(9-7-18)28-23(29)17(13-27)11-15-5-10-22(20(25)12-15)30-14-16-3-1-2-4-21(16)26/h1-12H,14H2,(H,28,29)/b17-11+. The smallest absolute Gasteiger partial charge is 0.266 e. The summed E-state index contributed by atoms with van der Waals surface area (Å²) in [6.45, 7) is 0.0223. The minimum Gasteiger partial charge on any atom is -0.487 e. The molecule has 3 rings (SSSR count). The lowest BCUT2D eigenvalue weighted by Crippen LogP contribution is -2.13. The summed E-state index contributed by atoms with van der Waals surface area (Å²) in [5.74, 6) is -0.560. The summed E-state index contributed by atoms with van der Waals surface area (Å²) in [6, 6.07) is 19.5. The first-order valence-corrected chi connectivity index (χ1v) is 9.56. The number of carbonyl (C=O) groups excluding carboxylic acids is 1. The Morgan fingerprint density at radius 2 is 1.83 bits per heavy atom. The van der Waals surface area contributed by atoms with Crippen LogP contribution in [0.25, 0.3) is 6.08 Å². The van der Waals surface area contributed by atoms with Gasteiger partial charge in [-0.25, -0.2) is 4.39 Å². The van der Waals surface area contributed by atoms with Crippen LogP contribution in [0.1, 0.15) is 11.1 Å². The van der Waals surface area contributed by atoms with Gasteiger partial charge in [-0.2, -0.15) is 5.26 Å². The predicted molar refractivity (Wildman–Crippen MR) is 116 cm³/mol. The molecule has 0 aromatic heterocycles. The van der Waals surface area contributed by atoms with Crippen LogP contribution in [-0.4, -0.2) is 5.91 Å². The molecule has 0 saturated carbocycles. The minimum atomic E-state index is -0.559. The lowest BCUT2D eigenvalue weighted by atomic mass is 10.1. The van der Waals surface area contributed by atoms with Crippen molar-refractivity contribution < 1.29 is 13.9 Å². The summed E-state index contributed by atoms with van der Waals surface area (Å²) in [4.78, 5) is 12.3. The molecule has 0 saturated heterocycles. The zero-order valence-electron chi connectivity index (χ0n) is 15.5. The van der Waals surface area contributed by atoms with Gasteiger partial charge in [0.1, 0.15) is 29.8 Å². The number of amides is 1. The van der Waals surface area contributed by atoms with Crippen LogP contribution < -0.4 is 10.1 Å². The van der Waals surface area contributed by atoms with Gasteiger partial charge in [-0.05, 0) is 54.1 Å². The highest BCUT2D eigenvalue weighted by Crippen LogP contribution is 2.27. The van der Waals surface area contributed by atoms with E-state index in [4.69, 9.17) is 27.9 Å². The van der Waals surface area contributed by atoms with Crippen molar-refractivity contribution in [2.45, 2.75) is 6.61 Å². The number of carbonyl (C=O) groups is 1. The van der Waals surface area contributed by atoms with Crippen LogP contribution in [0, 0.1) is 17.1 Å². The van der Waals surface area contributed by atoms with Crippen LogP contribution in [0.2, 0.25) is 10.0 Å². The van der Waals surface area contributed by atoms with Gasteiger partial charge in [-0.15, -0.1) is 0 Å². The molecular weight excluding hydrogens is 426 g/mol. The molecule has 1 amide bonds. The van der Waals surface area contributed by atoms with E-state index in [1.54, 1.807) is 60.7 Å². The largest absolute Gasteiger partial charge is 0.487 e. The molecule has 7 heteroatoms. The Balaban J connectivity index is 1.71. The molecule has 0 bridgehead atoms. The summed E-state index contributed by atoms with van der Waals surface area (Å²) in [5.41, 5.74) is 1.37. The number of benzene rings is 3. The van der Waals surface area contributed by atoms with Crippen molar-refractivity contribution in [2.24, 2.45) is 0 Å². The lowest BCUT2D eigenvalue weighted by Gasteiger charge is -2.09. The number of anilines is 1. The second-order valence-electron chi connectivity index (χ2n) is 6.20. The molecular formula is C23H15Cl2FN2O2. The number of hydrogen-bond donors (Lipinski definition) is 1. The Hall–Kier alpha value is -3.33. The summed E-state index contributed by atoms with van der Waals surface area (Å²) in [7, 11) is 0. The van der Waals surface area contributed by atoms with Gasteiger partial charge in [-0.1, -0.05) is 47.5 Å². The van der Waals surface area contributed by atoms with E-state index in [0.29, 0.717) is 27.6 Å². The second-order valence-corrected chi connectivity index (χ2v) is 7.04. The monoisotopic (exact) mass is 440 g/mol. The van der Waals surface area contributed by atoms with E-state index in [-0.39, 0.29) is 23.0 Å². The molecule has 1 N–H and O–H groups in total. The predicted octanol–water partition coefficient (Wildman–Crippen LogP) is 6.26. The molecule has 3 aromatic rings. The highest BCUT2D eigenvalue weighted by atomic mass is 35.5. The molecule has 0 heterocycles. The van der Waals surface area contributed by atoms with Crippen LogP contribution in [0.3, 0.4) is 0 Å². The minimum absolute atomic E-state index is 0.0223. The Labute approximate surface area is 183 Å². The number of hydrogen-bond acceptors (Lipinski definition) is 3. The number of rotatable bonds is 6. The Bertz CT molecular complexity index is 1140. The fourth-order valence-corrected chi connectivity index (χ4v) is 2.91. The number of nitrogens with one attached hydrogen (secondary N) is 1. The van der Waals surface area contributed by atoms with Crippen LogP contribution in [0.5, 0.6) is 5.75 Å². The molecule has 0 aliphatic heterocycles. The van der Waals surface area contributed by atoms with E-state index >= 15 is 0 Å². The maximum absolute atomic E-state index is 13.7. The molecule has 0 aliphatic rings. The molecule has 30 heavy (non-hydrogen) atoms. The van der Waals surface area contributed by atoms with E-state index in [1.165, 1.54) is 12.1 Å². The van der Waals surface area contributed by atoms with E-state index in [0.717, 1.165) is 0 Å². The molecule has 0 aliphatic carbocycles. The zero-order chi connectivity index (χ0) is 21.5. The summed E-state index contributed by atoms with van der Waals surface area (Å²) < 4.78 is 19.3. The van der Waals surface area contributed by atoms with E-state index in [1.807, 2.05) is 6.07 Å². The highest BCUT2D eigenvalue weighted by molar-refractivity contribution is 6.32. The normalized spacial score (nSPS) is 10.9. The van der Waals surface area contributed by atoms with Crippen LogP contribution >= 0.6 is 23.2 Å². The Morgan fingerprint density at radius 1 is 1.10 bits per heavy atom. The third-order valence-corrected chi connectivity index (χ3v) is 4.62. The van der Waals surface area contributed by atoms with Crippen molar-refractivity contribution in [1.82, 2.24) is 0 Å². The average Bonchev–Trinajstić information content (AvgIpc) is 2.74. The molecule has 0 fully saturated rings. The van der Waals surface area contributed by atoms with Crippen LogP contribution in [0.15, 0.2) is 72.3 Å². The summed E-state index contributed by atoms with van der Waals surface area (Å²) in [5, 5.41) is 12.8. The molecule has 0 atom stereocenters.